The molecule has 1 unspecified atom stereocenters. The molecule has 1 aromatic carbocycles. The molecule has 0 amide bonds. The molecule has 0 aliphatic heterocycles. The fourth-order valence-electron chi connectivity index (χ4n) is 2.28. The lowest BCUT2D eigenvalue weighted by molar-refractivity contribution is 0.282. The third kappa shape index (κ3) is 4.48. The Morgan fingerprint density at radius 1 is 1.32 bits per heavy atom. The van der Waals surface area contributed by atoms with Crippen molar-refractivity contribution in [3.8, 4) is 5.75 Å². The van der Waals surface area contributed by atoms with Crippen LogP contribution in [0.15, 0.2) is 18.2 Å². The van der Waals surface area contributed by atoms with Crippen LogP contribution in [-0.4, -0.2) is 38.7 Å². The summed E-state index contributed by atoms with van der Waals surface area (Å²) in [5.74, 6) is 0.513. The van der Waals surface area contributed by atoms with Crippen molar-refractivity contribution in [3.05, 3.63) is 29.6 Å². The van der Waals surface area contributed by atoms with E-state index in [1.165, 1.54) is 6.07 Å². The van der Waals surface area contributed by atoms with Gasteiger partial charge in [-0.25, -0.2) is 4.39 Å². The Balaban J connectivity index is 2.81. The van der Waals surface area contributed by atoms with E-state index in [1.54, 1.807) is 19.2 Å². The van der Waals surface area contributed by atoms with E-state index in [1.807, 2.05) is 7.05 Å². The molecule has 0 spiro atoms. The number of ether oxygens (including phenoxy) is 1. The average Bonchev–Trinajstić information content (AvgIpc) is 2.44. The number of halogens is 1. The van der Waals surface area contributed by atoms with E-state index in [0.717, 1.165) is 37.4 Å². The topological polar surface area (TPSA) is 24.5 Å². The molecule has 19 heavy (non-hydrogen) atoms. The van der Waals surface area contributed by atoms with Crippen molar-refractivity contribution in [1.82, 2.24) is 10.2 Å². The van der Waals surface area contributed by atoms with Gasteiger partial charge in [-0.3, -0.25) is 0 Å². The van der Waals surface area contributed by atoms with E-state index in [9.17, 15) is 4.39 Å². The van der Waals surface area contributed by atoms with Gasteiger partial charge in [0.25, 0.3) is 0 Å². The van der Waals surface area contributed by atoms with Crippen LogP contribution in [0.25, 0.3) is 0 Å². The van der Waals surface area contributed by atoms with Crippen molar-refractivity contribution in [2.45, 2.75) is 26.3 Å². The fourth-order valence-corrected chi connectivity index (χ4v) is 2.28. The molecule has 1 aromatic rings. The number of hydrogen-bond donors (Lipinski definition) is 1. The first-order valence-electron chi connectivity index (χ1n) is 6.89. The van der Waals surface area contributed by atoms with Crippen LogP contribution < -0.4 is 10.1 Å². The molecule has 108 valence electrons. The standard InChI is InChI=1S/C15H25FN2O/c1-5-18(6-2)10-9-14(17-3)13-11-12(16)7-8-15(13)19-4/h7-8,11,14,17H,5-6,9-10H2,1-4H3. The molecule has 0 aromatic heterocycles. The zero-order chi connectivity index (χ0) is 14.3. The highest BCUT2D eigenvalue weighted by Crippen LogP contribution is 2.28. The first-order chi connectivity index (χ1) is 9.15. The minimum absolute atomic E-state index is 0.103. The maximum absolute atomic E-state index is 13.4. The van der Waals surface area contributed by atoms with Crippen LogP contribution in [0.5, 0.6) is 5.75 Å². The van der Waals surface area contributed by atoms with Crippen LogP contribution in [0.3, 0.4) is 0 Å². The number of hydrogen-bond acceptors (Lipinski definition) is 3. The van der Waals surface area contributed by atoms with E-state index in [0.29, 0.717) is 0 Å². The molecule has 0 heterocycles. The SMILES string of the molecule is CCN(CC)CCC(NC)c1cc(F)ccc1OC. The third-order valence-electron chi connectivity index (χ3n) is 3.54. The van der Waals surface area contributed by atoms with Crippen molar-refractivity contribution in [1.29, 1.82) is 0 Å². The van der Waals surface area contributed by atoms with E-state index >= 15 is 0 Å². The van der Waals surface area contributed by atoms with E-state index in [-0.39, 0.29) is 11.9 Å². The molecule has 0 aliphatic carbocycles. The second kappa shape index (κ2) is 8.12. The number of nitrogens with zero attached hydrogens (tertiary/aromatic N) is 1. The Labute approximate surface area is 115 Å². The van der Waals surface area contributed by atoms with Crippen LogP contribution in [0, 0.1) is 5.82 Å². The summed E-state index contributed by atoms with van der Waals surface area (Å²) in [6.45, 7) is 7.36. The van der Waals surface area contributed by atoms with Crippen molar-refractivity contribution in [2.24, 2.45) is 0 Å². The molecule has 0 fully saturated rings. The van der Waals surface area contributed by atoms with Crippen LogP contribution >= 0.6 is 0 Å². The lowest BCUT2D eigenvalue weighted by atomic mass is 10.0. The zero-order valence-corrected chi connectivity index (χ0v) is 12.4. The molecule has 0 saturated heterocycles. The van der Waals surface area contributed by atoms with E-state index < -0.39 is 0 Å². The Morgan fingerprint density at radius 2 is 2.00 bits per heavy atom. The molecule has 0 aliphatic rings. The number of nitrogens with one attached hydrogen (secondary N) is 1. The van der Waals surface area contributed by atoms with Crippen LogP contribution in [0.4, 0.5) is 4.39 Å². The van der Waals surface area contributed by atoms with Gasteiger partial charge in [0, 0.05) is 11.6 Å². The molecule has 4 heteroatoms. The normalized spacial score (nSPS) is 12.7. The highest BCUT2D eigenvalue weighted by atomic mass is 19.1. The summed E-state index contributed by atoms with van der Waals surface area (Å²) < 4.78 is 18.7. The Morgan fingerprint density at radius 3 is 2.53 bits per heavy atom. The van der Waals surface area contributed by atoms with E-state index in [2.05, 4.69) is 24.1 Å². The highest BCUT2D eigenvalue weighted by Gasteiger charge is 2.16. The van der Waals surface area contributed by atoms with Gasteiger partial charge in [0.15, 0.2) is 0 Å². The summed E-state index contributed by atoms with van der Waals surface area (Å²) in [4.78, 5) is 2.36. The van der Waals surface area contributed by atoms with Crippen LogP contribution in [-0.2, 0) is 0 Å². The lowest BCUT2D eigenvalue weighted by Gasteiger charge is -2.24. The second-order valence-corrected chi connectivity index (χ2v) is 4.54. The first kappa shape index (κ1) is 15.9. The van der Waals surface area contributed by atoms with Crippen molar-refractivity contribution >= 4 is 0 Å². The molecule has 0 saturated carbocycles. The molecular weight excluding hydrogens is 243 g/mol. The average molecular weight is 268 g/mol. The first-order valence-corrected chi connectivity index (χ1v) is 6.89. The quantitative estimate of drug-likeness (QED) is 0.784. The van der Waals surface area contributed by atoms with Crippen molar-refractivity contribution < 1.29 is 9.13 Å². The van der Waals surface area contributed by atoms with Gasteiger partial charge in [-0.1, -0.05) is 13.8 Å². The smallest absolute Gasteiger partial charge is 0.123 e. The van der Waals surface area contributed by atoms with Gasteiger partial charge < -0.3 is 15.0 Å². The molecule has 0 radical (unpaired) electrons. The van der Waals surface area contributed by atoms with Gasteiger partial charge in [0.1, 0.15) is 11.6 Å². The Bertz CT molecular complexity index is 380. The van der Waals surface area contributed by atoms with Crippen LogP contribution in [0.1, 0.15) is 31.9 Å². The summed E-state index contributed by atoms with van der Waals surface area (Å²) in [6.07, 6.45) is 0.929. The van der Waals surface area contributed by atoms with Gasteiger partial charge in [-0.05, 0) is 51.3 Å². The largest absolute Gasteiger partial charge is 0.496 e. The fraction of sp³-hybridized carbons (Fsp3) is 0.600. The number of rotatable bonds is 8. The lowest BCUT2D eigenvalue weighted by Crippen LogP contribution is -2.28. The predicted octanol–water partition coefficient (Wildman–Crippen LogP) is 2.83. The third-order valence-corrected chi connectivity index (χ3v) is 3.54. The number of benzene rings is 1. The molecule has 1 N–H and O–H groups in total. The Hall–Kier alpha value is -1.13. The minimum atomic E-state index is -0.223. The summed E-state index contributed by atoms with van der Waals surface area (Å²) >= 11 is 0. The number of methoxy groups -OCH3 is 1. The van der Waals surface area contributed by atoms with Crippen molar-refractivity contribution in [2.75, 3.05) is 33.8 Å². The Kier molecular flexibility index (Phi) is 6.81. The molecule has 3 nitrogen and oxygen atoms in total. The summed E-state index contributed by atoms with van der Waals surface area (Å²) in [5.41, 5.74) is 0.886. The van der Waals surface area contributed by atoms with Gasteiger partial charge >= 0.3 is 0 Å². The second-order valence-electron chi connectivity index (χ2n) is 4.54. The van der Waals surface area contributed by atoms with Crippen molar-refractivity contribution in [3.63, 3.8) is 0 Å². The molecule has 1 rings (SSSR count). The summed E-state index contributed by atoms with van der Waals surface area (Å²) in [5, 5.41) is 3.25. The van der Waals surface area contributed by atoms with Gasteiger partial charge in [-0.2, -0.15) is 0 Å². The maximum Gasteiger partial charge on any atom is 0.123 e. The van der Waals surface area contributed by atoms with Gasteiger partial charge in [-0.15, -0.1) is 0 Å². The summed E-state index contributed by atoms with van der Waals surface area (Å²) in [7, 11) is 3.52. The maximum atomic E-state index is 13.4. The summed E-state index contributed by atoms with van der Waals surface area (Å²) in [6, 6.07) is 4.78. The van der Waals surface area contributed by atoms with Gasteiger partial charge in [0.05, 0.1) is 7.11 Å². The molecule has 0 bridgehead atoms. The predicted molar refractivity (Wildman–Crippen MR) is 77.2 cm³/mol. The monoisotopic (exact) mass is 268 g/mol. The van der Waals surface area contributed by atoms with Gasteiger partial charge in [0.2, 0.25) is 0 Å². The zero-order valence-electron chi connectivity index (χ0n) is 12.4. The minimum Gasteiger partial charge on any atom is -0.496 e. The van der Waals surface area contributed by atoms with E-state index in [4.69, 9.17) is 4.74 Å². The molecule has 1 atom stereocenters. The van der Waals surface area contributed by atoms with Crippen LogP contribution in [0.2, 0.25) is 0 Å². The molecular formula is C15H25FN2O. The highest BCUT2D eigenvalue weighted by molar-refractivity contribution is 5.36.